The molecule has 0 unspecified atom stereocenters. The molecule has 0 fully saturated rings. The summed E-state index contributed by atoms with van der Waals surface area (Å²) >= 11 is 1.38. The van der Waals surface area contributed by atoms with Gasteiger partial charge in [0.05, 0.1) is 0 Å². The van der Waals surface area contributed by atoms with Crippen LogP contribution in [0.25, 0.3) is 15.9 Å². The smallest absolute Gasteiger partial charge is 0.358 e. The fourth-order valence-electron chi connectivity index (χ4n) is 2.75. The number of H-pyrrole nitrogens is 1. The van der Waals surface area contributed by atoms with Crippen LogP contribution < -0.4 is 5.69 Å². The first-order valence-electron chi connectivity index (χ1n) is 7.32. The van der Waals surface area contributed by atoms with E-state index in [9.17, 15) is 9.59 Å². The minimum Gasteiger partial charge on any atom is -0.358 e. The quantitative estimate of drug-likeness (QED) is 0.577. The Labute approximate surface area is 140 Å². The maximum absolute atomic E-state index is 12.7. The molecular formula is C16H13N5O2S. The first-order valence-corrected chi connectivity index (χ1v) is 8.20. The topological polar surface area (TPSA) is 85.6 Å². The minimum absolute atomic E-state index is 0.146. The molecule has 1 N–H and O–H groups in total. The maximum Gasteiger partial charge on any atom is 0.369 e. The first kappa shape index (κ1) is 14.6. The van der Waals surface area contributed by atoms with Gasteiger partial charge >= 0.3 is 5.69 Å². The Morgan fingerprint density at radius 2 is 2.04 bits per heavy atom. The number of ketones is 1. The zero-order chi connectivity index (χ0) is 16.7. The lowest BCUT2D eigenvalue weighted by atomic mass is 10.1. The number of hydrogen-bond donors (Lipinski definition) is 1. The summed E-state index contributed by atoms with van der Waals surface area (Å²) < 4.78 is 2.28. The fraction of sp³-hybridized carbons (Fsp3) is 0.125. The highest BCUT2D eigenvalue weighted by molar-refractivity contribution is 7.12. The lowest BCUT2D eigenvalue weighted by Gasteiger charge is -2.00. The number of Topliss-reactive ketones (excluding diaryl/α,β-unsaturated/α-hetero) is 1. The molecule has 0 saturated heterocycles. The molecule has 120 valence electrons. The highest BCUT2D eigenvalue weighted by Crippen LogP contribution is 2.22. The number of hydrogen-bond acceptors (Lipinski definition) is 5. The molecule has 0 radical (unpaired) electrons. The molecular weight excluding hydrogens is 326 g/mol. The number of rotatable bonds is 4. The Morgan fingerprint density at radius 1 is 1.21 bits per heavy atom. The number of nitrogens with one attached hydrogen (secondary N) is 1. The van der Waals surface area contributed by atoms with E-state index in [2.05, 4.69) is 15.4 Å². The van der Waals surface area contributed by atoms with Crippen LogP contribution in [0.4, 0.5) is 0 Å². The number of nitrogens with zero attached hydrogens (tertiary/aromatic N) is 4. The Morgan fingerprint density at radius 3 is 2.83 bits per heavy atom. The third-order valence-electron chi connectivity index (χ3n) is 3.82. The molecule has 7 nitrogen and oxygen atoms in total. The molecule has 0 bridgehead atoms. The zero-order valence-corrected chi connectivity index (χ0v) is 13.6. The van der Waals surface area contributed by atoms with Crippen LogP contribution in [-0.4, -0.2) is 30.6 Å². The normalized spacial score (nSPS) is 11.2. The summed E-state index contributed by atoms with van der Waals surface area (Å²) in [4.78, 5) is 28.3. The van der Waals surface area contributed by atoms with E-state index < -0.39 is 5.69 Å². The number of aryl methyl sites for hydroxylation is 1. The van der Waals surface area contributed by atoms with Crippen molar-refractivity contribution >= 4 is 28.0 Å². The van der Waals surface area contributed by atoms with Gasteiger partial charge in [-0.2, -0.15) is 9.36 Å². The van der Waals surface area contributed by atoms with Crippen LogP contribution in [-0.2, 0) is 6.54 Å². The summed E-state index contributed by atoms with van der Waals surface area (Å²) in [5.74, 6) is -0.176. The molecule has 0 aliphatic rings. The number of benzene rings is 1. The van der Waals surface area contributed by atoms with Crippen LogP contribution in [0.5, 0.6) is 0 Å². The van der Waals surface area contributed by atoms with Crippen molar-refractivity contribution in [1.82, 2.24) is 24.8 Å². The lowest BCUT2D eigenvalue weighted by Crippen LogP contribution is -2.27. The number of carbonyl (C=O) groups is 1. The van der Waals surface area contributed by atoms with Crippen molar-refractivity contribution in [3.05, 3.63) is 63.5 Å². The monoisotopic (exact) mass is 339 g/mol. The molecule has 4 aromatic rings. The van der Waals surface area contributed by atoms with Gasteiger partial charge in [-0.05, 0) is 40.9 Å². The molecule has 24 heavy (non-hydrogen) atoms. The molecule has 0 aliphatic carbocycles. The molecule has 8 heteroatoms. The summed E-state index contributed by atoms with van der Waals surface area (Å²) in [5.41, 5.74) is 1.83. The average Bonchev–Trinajstić information content (AvgIpc) is 3.26. The van der Waals surface area contributed by atoms with Crippen molar-refractivity contribution in [3.63, 3.8) is 0 Å². The van der Waals surface area contributed by atoms with Gasteiger partial charge in [0, 0.05) is 22.2 Å². The molecule has 3 heterocycles. The number of fused-ring (bicyclic) bond motifs is 1. The first-order chi connectivity index (χ1) is 11.6. The van der Waals surface area contributed by atoms with Crippen LogP contribution in [0.15, 0.2) is 46.6 Å². The van der Waals surface area contributed by atoms with Gasteiger partial charge in [0.1, 0.15) is 11.5 Å². The Balaban J connectivity index is 1.70. The molecule has 0 spiro atoms. The van der Waals surface area contributed by atoms with Crippen molar-refractivity contribution in [2.45, 2.75) is 13.5 Å². The number of para-hydroxylation sites is 1. The van der Waals surface area contributed by atoms with Crippen LogP contribution in [0.3, 0.4) is 0 Å². The van der Waals surface area contributed by atoms with Crippen LogP contribution >= 0.6 is 11.3 Å². The number of carbonyl (C=O) groups excluding carboxylic acids is 1. The van der Waals surface area contributed by atoms with Crippen molar-refractivity contribution < 1.29 is 4.79 Å². The highest BCUT2D eigenvalue weighted by Gasteiger charge is 2.19. The lowest BCUT2D eigenvalue weighted by molar-refractivity contribution is 0.0966. The van der Waals surface area contributed by atoms with Gasteiger partial charge in [0.2, 0.25) is 0 Å². The van der Waals surface area contributed by atoms with Gasteiger partial charge in [-0.3, -0.25) is 4.79 Å². The molecule has 3 aromatic heterocycles. The van der Waals surface area contributed by atoms with Crippen molar-refractivity contribution in [3.8, 4) is 5.00 Å². The van der Waals surface area contributed by atoms with E-state index in [1.54, 1.807) is 6.07 Å². The number of tetrazole rings is 1. The number of aromatic nitrogens is 5. The predicted octanol–water partition coefficient (Wildman–Crippen LogP) is 2.16. The maximum atomic E-state index is 12.7. The second-order valence-corrected chi connectivity index (χ2v) is 6.30. The molecule has 0 aliphatic heterocycles. The number of aromatic amines is 1. The Kier molecular flexibility index (Phi) is 3.39. The summed E-state index contributed by atoms with van der Waals surface area (Å²) in [7, 11) is 0. The van der Waals surface area contributed by atoms with E-state index in [0.29, 0.717) is 10.6 Å². The molecule has 0 amide bonds. The van der Waals surface area contributed by atoms with Gasteiger partial charge in [-0.1, -0.05) is 18.2 Å². The van der Waals surface area contributed by atoms with E-state index in [4.69, 9.17) is 0 Å². The summed E-state index contributed by atoms with van der Waals surface area (Å²) in [6.07, 6.45) is 0. The summed E-state index contributed by atoms with van der Waals surface area (Å²) in [6.45, 7) is 1.70. The average molecular weight is 339 g/mol. The van der Waals surface area contributed by atoms with Crippen LogP contribution in [0.1, 0.15) is 16.1 Å². The SMILES string of the molecule is Cc1[nH]c2ccccc2c1C(=O)Cn1nnn(-c2cccs2)c1=O. The van der Waals surface area contributed by atoms with Crippen LogP contribution in [0, 0.1) is 6.92 Å². The number of thiophene rings is 1. The van der Waals surface area contributed by atoms with E-state index in [1.165, 1.54) is 16.0 Å². The summed E-state index contributed by atoms with van der Waals surface area (Å²) in [5, 5.41) is 11.0. The molecule has 0 saturated carbocycles. The van der Waals surface area contributed by atoms with E-state index in [-0.39, 0.29) is 12.3 Å². The largest absolute Gasteiger partial charge is 0.369 e. The van der Waals surface area contributed by atoms with Crippen LogP contribution in [0.2, 0.25) is 0 Å². The van der Waals surface area contributed by atoms with Gasteiger partial charge in [0.15, 0.2) is 5.78 Å². The van der Waals surface area contributed by atoms with Crippen molar-refractivity contribution in [1.29, 1.82) is 0 Å². The van der Waals surface area contributed by atoms with Gasteiger partial charge < -0.3 is 4.98 Å². The standard InChI is InChI=1S/C16H13N5O2S/c1-10-15(11-5-2-3-6-12(11)17-10)13(22)9-20-16(23)21(19-18-20)14-7-4-8-24-14/h2-8,17H,9H2,1H3. The molecule has 4 rings (SSSR count). The Hall–Kier alpha value is -3.00. The zero-order valence-electron chi connectivity index (χ0n) is 12.8. The Bertz CT molecular complexity index is 1090. The fourth-order valence-corrected chi connectivity index (χ4v) is 3.42. The van der Waals surface area contributed by atoms with Gasteiger partial charge in [-0.15, -0.1) is 11.3 Å². The highest BCUT2D eigenvalue weighted by atomic mass is 32.1. The molecule has 0 atom stereocenters. The summed E-state index contributed by atoms with van der Waals surface area (Å²) in [6, 6.07) is 11.2. The van der Waals surface area contributed by atoms with Crippen molar-refractivity contribution in [2.75, 3.05) is 0 Å². The van der Waals surface area contributed by atoms with E-state index >= 15 is 0 Å². The van der Waals surface area contributed by atoms with Gasteiger partial charge in [0.25, 0.3) is 0 Å². The predicted molar refractivity (Wildman–Crippen MR) is 90.9 cm³/mol. The van der Waals surface area contributed by atoms with Gasteiger partial charge in [-0.25, -0.2) is 4.79 Å². The van der Waals surface area contributed by atoms with E-state index in [1.807, 2.05) is 42.6 Å². The second-order valence-electron chi connectivity index (χ2n) is 5.38. The minimum atomic E-state index is -0.428. The second kappa shape index (κ2) is 5.57. The van der Waals surface area contributed by atoms with Crippen molar-refractivity contribution in [2.24, 2.45) is 0 Å². The molecule has 1 aromatic carbocycles. The third kappa shape index (κ3) is 2.28. The third-order valence-corrected chi connectivity index (χ3v) is 4.66. The van der Waals surface area contributed by atoms with E-state index in [0.717, 1.165) is 21.3 Å².